The van der Waals surface area contributed by atoms with E-state index in [4.69, 9.17) is 4.52 Å². The minimum absolute atomic E-state index is 0.00180. The number of aryl methyl sites for hydroxylation is 2. The maximum Gasteiger partial charge on any atom is 0.436 e. The predicted molar refractivity (Wildman–Crippen MR) is 101 cm³/mol. The molecule has 3 heterocycles. The lowest BCUT2D eigenvalue weighted by Crippen LogP contribution is -2.37. The van der Waals surface area contributed by atoms with E-state index in [9.17, 15) is 26.7 Å². The van der Waals surface area contributed by atoms with Crippen molar-refractivity contribution in [3.05, 3.63) is 40.9 Å². The molecule has 11 heteroatoms. The molecular formula is C20H19F5N4O2. The largest absolute Gasteiger partial charge is 0.436 e. The molecule has 0 saturated heterocycles. The number of pyridine rings is 1. The minimum atomic E-state index is -4.59. The van der Waals surface area contributed by atoms with Gasteiger partial charge in [-0.15, -0.1) is 0 Å². The van der Waals surface area contributed by atoms with Gasteiger partial charge in [0.2, 0.25) is 11.8 Å². The second-order valence-corrected chi connectivity index (χ2v) is 7.99. The maximum atomic E-state index is 12.9. The Morgan fingerprint density at radius 2 is 1.97 bits per heavy atom. The lowest BCUT2D eigenvalue weighted by molar-refractivity contribution is -0.142. The molecule has 4 rings (SSSR count). The van der Waals surface area contributed by atoms with E-state index in [-0.39, 0.29) is 43.4 Å². The summed E-state index contributed by atoms with van der Waals surface area (Å²) >= 11 is 0. The molecule has 3 aromatic rings. The van der Waals surface area contributed by atoms with E-state index in [0.717, 1.165) is 11.8 Å². The third kappa shape index (κ3) is 4.40. The third-order valence-corrected chi connectivity index (χ3v) is 5.35. The molecule has 1 aliphatic carbocycles. The molecule has 1 N–H and O–H groups in total. The number of halogens is 5. The average molecular weight is 442 g/mol. The Kier molecular flexibility index (Phi) is 5.01. The summed E-state index contributed by atoms with van der Waals surface area (Å²) in [5.74, 6) is -3.04. The van der Waals surface area contributed by atoms with Crippen LogP contribution in [0, 0.1) is 19.8 Å². The number of rotatable bonds is 5. The molecule has 0 bridgehead atoms. The van der Waals surface area contributed by atoms with Gasteiger partial charge in [0.15, 0.2) is 11.5 Å². The van der Waals surface area contributed by atoms with Gasteiger partial charge in [-0.1, -0.05) is 5.16 Å². The Morgan fingerprint density at radius 1 is 1.26 bits per heavy atom. The molecule has 0 aromatic carbocycles. The molecule has 0 atom stereocenters. The summed E-state index contributed by atoms with van der Waals surface area (Å²) < 4.78 is 70.7. The zero-order chi connectivity index (χ0) is 22.6. The number of carbonyl (C=O) groups excluding carboxylic acids is 1. The van der Waals surface area contributed by atoms with E-state index in [0.29, 0.717) is 22.4 Å². The second kappa shape index (κ2) is 7.31. The van der Waals surface area contributed by atoms with Crippen molar-refractivity contribution in [2.75, 3.05) is 5.32 Å². The van der Waals surface area contributed by atoms with Crippen molar-refractivity contribution in [2.45, 2.75) is 51.8 Å². The number of hydrogen-bond donors (Lipinski definition) is 1. The standard InChI is InChI=1S/C20H19F5N4O2/c1-10-3-15-14(26-18(10)27-17(30)5-12-7-19(21,22)8-12)4-11(2)29(15)9-13-6-16(28-31-13)20(23,24)25/h3-4,6,12H,5,7-9H2,1-2H3,(H,26,27,30). The van der Waals surface area contributed by atoms with E-state index in [2.05, 4.69) is 15.5 Å². The van der Waals surface area contributed by atoms with E-state index in [1.807, 2.05) is 0 Å². The molecule has 166 valence electrons. The monoisotopic (exact) mass is 442 g/mol. The normalized spacial score (nSPS) is 16.5. The second-order valence-electron chi connectivity index (χ2n) is 7.99. The Morgan fingerprint density at radius 3 is 2.58 bits per heavy atom. The molecule has 0 radical (unpaired) electrons. The SMILES string of the molecule is Cc1cc2c(cc(C)n2Cc2cc(C(F)(F)F)no2)nc1NC(=O)CC1CC(F)(F)C1. The average Bonchev–Trinajstić information content (AvgIpc) is 3.20. The van der Waals surface area contributed by atoms with Gasteiger partial charge in [-0.05, 0) is 37.5 Å². The third-order valence-electron chi connectivity index (χ3n) is 5.35. The molecule has 0 spiro atoms. The lowest BCUT2D eigenvalue weighted by Gasteiger charge is -2.34. The van der Waals surface area contributed by atoms with Gasteiger partial charge in [0.1, 0.15) is 5.82 Å². The van der Waals surface area contributed by atoms with Gasteiger partial charge in [0.25, 0.3) is 0 Å². The molecular weight excluding hydrogens is 423 g/mol. The molecule has 0 unspecified atom stereocenters. The smallest absolute Gasteiger partial charge is 0.359 e. The van der Waals surface area contributed by atoms with Crippen LogP contribution in [0.4, 0.5) is 27.8 Å². The van der Waals surface area contributed by atoms with Crippen LogP contribution < -0.4 is 5.32 Å². The first-order chi connectivity index (χ1) is 14.4. The van der Waals surface area contributed by atoms with E-state index in [1.165, 1.54) is 0 Å². The number of anilines is 1. The van der Waals surface area contributed by atoms with Crippen LogP contribution in [-0.4, -0.2) is 26.5 Å². The van der Waals surface area contributed by atoms with E-state index < -0.39 is 17.8 Å². The van der Waals surface area contributed by atoms with Crippen LogP contribution in [-0.2, 0) is 17.5 Å². The number of alkyl halides is 5. The van der Waals surface area contributed by atoms with Crippen molar-refractivity contribution in [1.29, 1.82) is 0 Å². The van der Waals surface area contributed by atoms with Crippen LogP contribution in [0.15, 0.2) is 22.7 Å². The van der Waals surface area contributed by atoms with Crippen molar-refractivity contribution >= 4 is 22.8 Å². The van der Waals surface area contributed by atoms with Crippen LogP contribution in [0.1, 0.15) is 42.0 Å². The van der Waals surface area contributed by atoms with Crippen molar-refractivity contribution in [3.8, 4) is 0 Å². The summed E-state index contributed by atoms with van der Waals surface area (Å²) in [4.78, 5) is 16.6. The number of nitrogens with one attached hydrogen (secondary N) is 1. The van der Waals surface area contributed by atoms with Crippen molar-refractivity contribution < 1.29 is 31.3 Å². The highest BCUT2D eigenvalue weighted by Gasteiger charge is 2.45. The number of carbonyl (C=O) groups is 1. The zero-order valence-corrected chi connectivity index (χ0v) is 16.7. The molecule has 1 fully saturated rings. The van der Waals surface area contributed by atoms with Gasteiger partial charge in [-0.25, -0.2) is 13.8 Å². The van der Waals surface area contributed by atoms with Crippen molar-refractivity contribution in [1.82, 2.24) is 14.7 Å². The summed E-state index contributed by atoms with van der Waals surface area (Å²) in [6.07, 6.45) is -5.16. The van der Waals surface area contributed by atoms with Gasteiger partial charge in [0.05, 0.1) is 17.6 Å². The van der Waals surface area contributed by atoms with Gasteiger partial charge in [0, 0.05) is 31.0 Å². The van der Waals surface area contributed by atoms with E-state index in [1.54, 1.807) is 30.5 Å². The fourth-order valence-corrected chi connectivity index (χ4v) is 3.79. The summed E-state index contributed by atoms with van der Waals surface area (Å²) in [5.41, 5.74) is 1.44. The highest BCUT2D eigenvalue weighted by Crippen LogP contribution is 2.44. The number of nitrogens with zero attached hydrogens (tertiary/aromatic N) is 3. The topological polar surface area (TPSA) is 73.0 Å². The molecule has 1 amide bonds. The quantitative estimate of drug-likeness (QED) is 0.559. The van der Waals surface area contributed by atoms with Crippen molar-refractivity contribution in [3.63, 3.8) is 0 Å². The van der Waals surface area contributed by atoms with Crippen molar-refractivity contribution in [2.24, 2.45) is 5.92 Å². The zero-order valence-electron chi connectivity index (χ0n) is 16.7. The highest BCUT2D eigenvalue weighted by molar-refractivity contribution is 5.92. The van der Waals surface area contributed by atoms with Gasteiger partial charge in [-0.2, -0.15) is 13.2 Å². The number of fused-ring (bicyclic) bond motifs is 1. The highest BCUT2D eigenvalue weighted by atomic mass is 19.4. The predicted octanol–water partition coefficient (Wildman–Crippen LogP) is 5.08. The molecule has 31 heavy (non-hydrogen) atoms. The number of aromatic nitrogens is 3. The molecule has 0 aliphatic heterocycles. The number of amides is 1. The summed E-state index contributed by atoms with van der Waals surface area (Å²) in [5, 5.41) is 5.73. The van der Waals surface area contributed by atoms with Crippen LogP contribution in [0.2, 0.25) is 0 Å². The number of hydrogen-bond acceptors (Lipinski definition) is 4. The fraction of sp³-hybridized carbons (Fsp3) is 0.450. The molecule has 1 saturated carbocycles. The first kappa shape index (κ1) is 21.3. The van der Waals surface area contributed by atoms with Crippen LogP contribution >= 0.6 is 0 Å². The summed E-state index contributed by atoms with van der Waals surface area (Å²) in [7, 11) is 0. The van der Waals surface area contributed by atoms with Crippen LogP contribution in [0.25, 0.3) is 11.0 Å². The van der Waals surface area contributed by atoms with Gasteiger partial charge < -0.3 is 14.4 Å². The van der Waals surface area contributed by atoms with Crippen LogP contribution in [0.3, 0.4) is 0 Å². The van der Waals surface area contributed by atoms with Gasteiger partial charge >= 0.3 is 6.18 Å². The first-order valence-electron chi connectivity index (χ1n) is 9.59. The van der Waals surface area contributed by atoms with Crippen LogP contribution in [0.5, 0.6) is 0 Å². The fourth-order valence-electron chi connectivity index (χ4n) is 3.79. The Hall–Kier alpha value is -2.98. The lowest BCUT2D eigenvalue weighted by atomic mass is 9.79. The maximum absolute atomic E-state index is 12.9. The van der Waals surface area contributed by atoms with E-state index >= 15 is 0 Å². The Labute approximate surface area is 173 Å². The minimum Gasteiger partial charge on any atom is -0.359 e. The molecule has 6 nitrogen and oxygen atoms in total. The summed E-state index contributed by atoms with van der Waals surface area (Å²) in [6, 6.07) is 4.34. The Bertz CT molecular complexity index is 1140. The summed E-state index contributed by atoms with van der Waals surface area (Å²) in [6.45, 7) is 3.52. The van der Waals surface area contributed by atoms with Gasteiger partial charge in [-0.3, -0.25) is 4.79 Å². The molecule has 1 aliphatic rings. The first-order valence-corrected chi connectivity index (χ1v) is 9.59. The molecule has 3 aromatic heterocycles. The Balaban J connectivity index is 1.52.